The highest BCUT2D eigenvalue weighted by molar-refractivity contribution is 7.92. The summed E-state index contributed by atoms with van der Waals surface area (Å²) in [6.07, 6.45) is 4.51. The predicted octanol–water partition coefficient (Wildman–Crippen LogP) is 7.72. The van der Waals surface area contributed by atoms with Crippen LogP contribution >= 0.6 is 0 Å². The molecule has 6 N–H and O–H groups in total. The van der Waals surface area contributed by atoms with Crippen molar-refractivity contribution >= 4 is 61.3 Å². The molecule has 1 saturated heterocycles. The number of urea groups is 1. The van der Waals surface area contributed by atoms with E-state index in [0.717, 1.165) is 24.7 Å². The number of rotatable bonds is 13. The van der Waals surface area contributed by atoms with Gasteiger partial charge >= 0.3 is 6.03 Å². The molecule has 0 aliphatic carbocycles. The molecular weight excluding hydrogens is 775 g/mol. The van der Waals surface area contributed by atoms with E-state index in [1.54, 1.807) is 60.8 Å². The van der Waals surface area contributed by atoms with Crippen LogP contribution < -0.4 is 45.7 Å². The fraction of sp³-hybridized carbons (Fsp3) is 0.326. The van der Waals surface area contributed by atoms with E-state index in [0.29, 0.717) is 63.9 Å². The molecule has 1 aliphatic rings. The fourth-order valence-corrected chi connectivity index (χ4v) is 7.52. The molecule has 0 bridgehead atoms. The Hall–Kier alpha value is -6.10. The Labute approximate surface area is 344 Å². The number of nitrogens with zero attached hydrogens (tertiary/aromatic N) is 2. The molecule has 6 rings (SSSR count). The average molecular weight is 826 g/mol. The zero-order valence-electron chi connectivity index (χ0n) is 34.2. The van der Waals surface area contributed by atoms with Gasteiger partial charge in [-0.2, -0.15) is 0 Å². The minimum absolute atomic E-state index is 0.0740. The van der Waals surface area contributed by atoms with E-state index in [1.807, 2.05) is 52.0 Å². The number of benzene rings is 4. The van der Waals surface area contributed by atoms with Crippen LogP contribution in [0.2, 0.25) is 0 Å². The second-order valence-electron chi connectivity index (χ2n) is 15.4. The first-order valence-electron chi connectivity index (χ1n) is 19.1. The third kappa shape index (κ3) is 10.1. The van der Waals surface area contributed by atoms with Crippen LogP contribution in [0.1, 0.15) is 56.5 Å². The van der Waals surface area contributed by atoms with Gasteiger partial charge in [-0.05, 0) is 79.1 Å². The molecule has 0 saturated carbocycles. The van der Waals surface area contributed by atoms with Crippen LogP contribution in [0.5, 0.6) is 23.0 Å². The van der Waals surface area contributed by atoms with Gasteiger partial charge < -0.3 is 35.4 Å². The maximum absolute atomic E-state index is 13.4. The van der Waals surface area contributed by atoms with Crippen molar-refractivity contribution < 1.29 is 37.1 Å². The van der Waals surface area contributed by atoms with E-state index < -0.39 is 21.5 Å². The van der Waals surface area contributed by atoms with Crippen LogP contribution in [0.4, 0.5) is 33.4 Å². The second kappa shape index (κ2) is 17.8. The number of amides is 3. The van der Waals surface area contributed by atoms with Crippen molar-refractivity contribution in [3.8, 4) is 23.0 Å². The van der Waals surface area contributed by atoms with Crippen LogP contribution in [0.3, 0.4) is 0 Å². The van der Waals surface area contributed by atoms with Gasteiger partial charge in [-0.25, -0.2) is 23.7 Å². The number of fused-ring (bicyclic) bond motifs is 1. The van der Waals surface area contributed by atoms with Gasteiger partial charge in [-0.15, -0.1) is 0 Å². The first kappa shape index (κ1) is 42.5. The molecule has 5 aromatic rings. The van der Waals surface area contributed by atoms with Gasteiger partial charge in [0.2, 0.25) is 10.0 Å². The van der Waals surface area contributed by atoms with Gasteiger partial charge in [-0.1, -0.05) is 45.0 Å². The minimum atomic E-state index is -3.72. The molecule has 2 unspecified atom stereocenters. The molecule has 2 atom stereocenters. The zero-order valence-corrected chi connectivity index (χ0v) is 35.0. The van der Waals surface area contributed by atoms with Gasteiger partial charge in [0.1, 0.15) is 23.1 Å². The van der Waals surface area contributed by atoms with Crippen molar-refractivity contribution in [1.29, 1.82) is 0 Å². The number of hydrogen-bond acceptors (Lipinski definition) is 11. The molecule has 0 spiro atoms. The summed E-state index contributed by atoms with van der Waals surface area (Å²) in [6, 6.07) is 22.1. The zero-order chi connectivity index (χ0) is 42.5. The van der Waals surface area contributed by atoms with Crippen molar-refractivity contribution in [3.63, 3.8) is 0 Å². The summed E-state index contributed by atoms with van der Waals surface area (Å²) < 4.78 is 45.2. The van der Waals surface area contributed by atoms with E-state index in [-0.39, 0.29) is 35.0 Å². The van der Waals surface area contributed by atoms with Gasteiger partial charge in [0.05, 0.1) is 49.7 Å². The van der Waals surface area contributed by atoms with Crippen LogP contribution in [-0.4, -0.2) is 65.0 Å². The number of anilines is 5. The number of hydrogen-bond donors (Lipinski definition) is 5. The maximum atomic E-state index is 13.4. The third-order valence-electron chi connectivity index (χ3n) is 10.0. The van der Waals surface area contributed by atoms with E-state index in [2.05, 4.69) is 25.8 Å². The number of methoxy groups -OCH3 is 2. The SMILES string of the molecule is COc1cc(Nc2cc(Oc3ccc(N(C(N)=O)c4cc(C(C)(C)C)cc(NS(C)(=O)=O)c4OC)c4ccccc34)ccn2)ccc1C(=O)NC(C)C1CCCONC1. The van der Waals surface area contributed by atoms with E-state index in [9.17, 15) is 18.0 Å². The minimum Gasteiger partial charge on any atom is -0.496 e. The summed E-state index contributed by atoms with van der Waals surface area (Å²) in [7, 11) is -0.806. The lowest BCUT2D eigenvalue weighted by Gasteiger charge is -2.29. The van der Waals surface area contributed by atoms with E-state index >= 15 is 0 Å². The highest BCUT2D eigenvalue weighted by atomic mass is 32.2. The molecular formula is C43H51N7O8S. The smallest absolute Gasteiger partial charge is 0.324 e. The van der Waals surface area contributed by atoms with Crippen molar-refractivity contribution in [2.24, 2.45) is 11.7 Å². The number of hydroxylamine groups is 1. The average Bonchev–Trinajstić information content (AvgIpc) is 3.48. The number of sulfonamides is 1. The van der Waals surface area contributed by atoms with Gasteiger partial charge in [0.15, 0.2) is 5.75 Å². The molecule has 2 heterocycles. The fourth-order valence-electron chi connectivity index (χ4n) is 6.97. The predicted molar refractivity (Wildman–Crippen MR) is 230 cm³/mol. The molecule has 3 amide bonds. The highest BCUT2D eigenvalue weighted by Gasteiger charge is 2.29. The summed E-state index contributed by atoms with van der Waals surface area (Å²) in [4.78, 5) is 37.8. The number of aromatic nitrogens is 1. The van der Waals surface area contributed by atoms with Crippen molar-refractivity contribution in [3.05, 3.63) is 96.2 Å². The Morgan fingerprint density at radius 1 is 0.966 bits per heavy atom. The second-order valence-corrected chi connectivity index (χ2v) is 17.1. The van der Waals surface area contributed by atoms with E-state index in [4.69, 9.17) is 24.8 Å². The Morgan fingerprint density at radius 2 is 1.73 bits per heavy atom. The number of nitrogens with two attached hydrogens (primary N) is 1. The molecule has 312 valence electrons. The van der Waals surface area contributed by atoms with Gasteiger partial charge in [0, 0.05) is 47.4 Å². The molecule has 16 heteroatoms. The highest BCUT2D eigenvalue weighted by Crippen LogP contribution is 2.46. The van der Waals surface area contributed by atoms with Crippen molar-refractivity contribution in [2.45, 2.75) is 52.0 Å². The van der Waals surface area contributed by atoms with Crippen LogP contribution in [0.15, 0.2) is 85.1 Å². The Bertz CT molecular complexity index is 2450. The maximum Gasteiger partial charge on any atom is 0.324 e. The molecule has 59 heavy (non-hydrogen) atoms. The molecule has 4 aromatic carbocycles. The molecule has 15 nitrogen and oxygen atoms in total. The number of pyridine rings is 1. The number of carbonyl (C=O) groups is 2. The number of nitrogens with one attached hydrogen (secondary N) is 4. The van der Waals surface area contributed by atoms with E-state index in [1.165, 1.54) is 19.1 Å². The molecule has 1 aromatic heterocycles. The lowest BCUT2D eigenvalue weighted by Crippen LogP contribution is -2.41. The topological polar surface area (TPSA) is 195 Å². The van der Waals surface area contributed by atoms with Gasteiger partial charge in [-0.3, -0.25) is 14.4 Å². The summed E-state index contributed by atoms with van der Waals surface area (Å²) >= 11 is 0. The lowest BCUT2D eigenvalue weighted by atomic mass is 9.86. The normalized spacial score (nSPS) is 15.1. The van der Waals surface area contributed by atoms with Gasteiger partial charge in [0.25, 0.3) is 5.91 Å². The van der Waals surface area contributed by atoms with Crippen LogP contribution in [-0.2, 0) is 20.3 Å². The van der Waals surface area contributed by atoms with Crippen LogP contribution in [0.25, 0.3) is 10.8 Å². The molecule has 0 radical (unpaired) electrons. The number of ether oxygens (including phenoxy) is 3. The largest absolute Gasteiger partial charge is 0.496 e. The molecule has 1 aliphatic heterocycles. The van der Waals surface area contributed by atoms with Crippen molar-refractivity contribution in [1.82, 2.24) is 15.8 Å². The molecule has 1 fully saturated rings. The Balaban J connectivity index is 1.27. The standard InChI is InChI=1S/C43H51N7O8S/c1-26(27-11-10-20-57-46-25-27)47-41(51)33-15-14-29(23-38(33)55-5)48-39-24-30(18-19-45-39)58-37-17-16-35(31-12-8-9-13-32(31)37)50(42(44)52)36-22-28(43(2,3)4)21-34(40(36)56-6)49-59(7,53)54/h8-9,12-19,21-24,26-27,46,49H,10-11,20,25H2,1-7H3,(H2,44,52)(H,45,48)(H,47,51). The summed E-state index contributed by atoms with van der Waals surface area (Å²) in [5.41, 5.74) is 11.3. The monoisotopic (exact) mass is 825 g/mol. The summed E-state index contributed by atoms with van der Waals surface area (Å²) in [5, 5.41) is 7.67. The Morgan fingerprint density at radius 3 is 2.42 bits per heavy atom. The number of primary amides is 1. The van der Waals surface area contributed by atoms with Crippen LogP contribution in [0, 0.1) is 5.92 Å². The third-order valence-corrected chi connectivity index (χ3v) is 10.6. The first-order valence-corrected chi connectivity index (χ1v) is 21.0. The Kier molecular flexibility index (Phi) is 12.8. The quantitative estimate of drug-likeness (QED) is 0.0780. The number of carbonyl (C=O) groups excluding carboxylic acids is 2. The summed E-state index contributed by atoms with van der Waals surface area (Å²) in [6.45, 7) is 9.22. The first-order chi connectivity index (χ1) is 28.1. The lowest BCUT2D eigenvalue weighted by molar-refractivity contribution is 0.0476. The summed E-state index contributed by atoms with van der Waals surface area (Å²) in [5.74, 6) is 1.95. The van der Waals surface area contributed by atoms with Crippen molar-refractivity contribution in [2.75, 3.05) is 48.6 Å².